The van der Waals surface area contributed by atoms with Gasteiger partial charge in [0.15, 0.2) is 6.61 Å². The Labute approximate surface area is 149 Å². The third-order valence-corrected chi connectivity index (χ3v) is 4.07. The van der Waals surface area contributed by atoms with E-state index in [0.717, 1.165) is 10.0 Å². The minimum Gasteiger partial charge on any atom is -0.483 e. The highest BCUT2D eigenvalue weighted by Gasteiger charge is 2.14. The van der Waals surface area contributed by atoms with Crippen molar-refractivity contribution in [3.05, 3.63) is 58.1 Å². The van der Waals surface area contributed by atoms with Gasteiger partial charge in [0, 0.05) is 10.2 Å². The van der Waals surface area contributed by atoms with Gasteiger partial charge < -0.3 is 14.8 Å². The summed E-state index contributed by atoms with van der Waals surface area (Å²) in [6, 6.07) is 12.2. The van der Waals surface area contributed by atoms with Crippen LogP contribution in [0.3, 0.4) is 0 Å². The minimum absolute atomic E-state index is 0.203. The summed E-state index contributed by atoms with van der Waals surface area (Å²) in [5.41, 5.74) is 2.00. The Morgan fingerprint density at radius 3 is 2.62 bits per heavy atom. The summed E-state index contributed by atoms with van der Waals surface area (Å²) in [5, 5.41) is 2.75. The van der Waals surface area contributed by atoms with Crippen LogP contribution in [0.1, 0.15) is 22.8 Å². The Bertz CT molecular complexity index is 746. The highest BCUT2D eigenvalue weighted by molar-refractivity contribution is 9.10. The fourth-order valence-electron chi connectivity index (χ4n) is 2.03. The molecule has 0 aliphatic heterocycles. The average Bonchev–Trinajstić information content (AvgIpc) is 2.57. The van der Waals surface area contributed by atoms with Crippen LogP contribution in [0.2, 0.25) is 0 Å². The Kier molecular flexibility index (Phi) is 6.37. The normalized spacial score (nSPS) is 10.1. The lowest BCUT2D eigenvalue weighted by Gasteiger charge is -2.11. The number of para-hydroxylation sites is 1. The number of benzene rings is 2. The Morgan fingerprint density at radius 2 is 1.92 bits per heavy atom. The number of carbonyl (C=O) groups excluding carboxylic acids is 2. The summed E-state index contributed by atoms with van der Waals surface area (Å²) in [6.45, 7) is 3.74. The van der Waals surface area contributed by atoms with Crippen LogP contribution in [0.25, 0.3) is 0 Å². The van der Waals surface area contributed by atoms with Crippen LogP contribution in [0.5, 0.6) is 5.75 Å². The molecule has 24 heavy (non-hydrogen) atoms. The summed E-state index contributed by atoms with van der Waals surface area (Å²) in [5.74, 6) is -0.467. The second-order valence-corrected chi connectivity index (χ2v) is 5.87. The number of nitrogens with one attached hydrogen (secondary N) is 1. The van der Waals surface area contributed by atoms with Gasteiger partial charge in [0.25, 0.3) is 5.91 Å². The van der Waals surface area contributed by atoms with E-state index in [4.69, 9.17) is 9.47 Å². The second kappa shape index (κ2) is 8.49. The first-order valence-corrected chi connectivity index (χ1v) is 8.25. The van der Waals surface area contributed by atoms with Crippen molar-refractivity contribution in [3.63, 3.8) is 0 Å². The maximum atomic E-state index is 12.0. The van der Waals surface area contributed by atoms with Gasteiger partial charge in [-0.2, -0.15) is 0 Å². The van der Waals surface area contributed by atoms with E-state index >= 15 is 0 Å². The first-order valence-electron chi connectivity index (χ1n) is 7.46. The zero-order chi connectivity index (χ0) is 17.5. The molecule has 0 aromatic heterocycles. The summed E-state index contributed by atoms with van der Waals surface area (Å²) in [7, 11) is 0. The molecule has 0 aliphatic carbocycles. The van der Waals surface area contributed by atoms with Gasteiger partial charge in [-0.3, -0.25) is 4.79 Å². The Balaban J connectivity index is 1.99. The number of esters is 1. The number of carbonyl (C=O) groups is 2. The number of anilines is 1. The largest absolute Gasteiger partial charge is 0.483 e. The van der Waals surface area contributed by atoms with Crippen LogP contribution in [-0.4, -0.2) is 25.1 Å². The highest BCUT2D eigenvalue weighted by Crippen LogP contribution is 2.21. The fourth-order valence-corrected chi connectivity index (χ4v) is 2.28. The SMILES string of the molecule is CCOC(=O)c1ccccc1OCC(=O)Nc1ccc(Br)c(C)c1. The van der Waals surface area contributed by atoms with Gasteiger partial charge in [0.1, 0.15) is 11.3 Å². The smallest absolute Gasteiger partial charge is 0.341 e. The van der Waals surface area contributed by atoms with E-state index in [0.29, 0.717) is 17.0 Å². The van der Waals surface area contributed by atoms with E-state index in [2.05, 4.69) is 21.2 Å². The van der Waals surface area contributed by atoms with Crippen molar-refractivity contribution >= 4 is 33.5 Å². The van der Waals surface area contributed by atoms with Gasteiger partial charge in [-0.15, -0.1) is 0 Å². The standard InChI is InChI=1S/C18H18BrNO4/c1-3-23-18(22)14-6-4-5-7-16(14)24-11-17(21)20-13-8-9-15(19)12(2)10-13/h4-10H,3,11H2,1-2H3,(H,20,21). The van der Waals surface area contributed by atoms with Gasteiger partial charge in [-0.1, -0.05) is 28.1 Å². The number of hydrogen-bond acceptors (Lipinski definition) is 4. The van der Waals surface area contributed by atoms with Gasteiger partial charge in [0.05, 0.1) is 6.61 Å². The van der Waals surface area contributed by atoms with Crippen LogP contribution < -0.4 is 10.1 Å². The number of hydrogen-bond donors (Lipinski definition) is 1. The molecule has 6 heteroatoms. The quantitative estimate of drug-likeness (QED) is 0.757. The van der Waals surface area contributed by atoms with Gasteiger partial charge in [-0.05, 0) is 49.7 Å². The third-order valence-electron chi connectivity index (χ3n) is 3.18. The summed E-state index contributed by atoms with van der Waals surface area (Å²) < 4.78 is 11.4. The topological polar surface area (TPSA) is 64.6 Å². The van der Waals surface area contributed by atoms with Crippen molar-refractivity contribution in [2.75, 3.05) is 18.5 Å². The molecule has 2 aromatic carbocycles. The van der Waals surface area contributed by atoms with Gasteiger partial charge in [0.2, 0.25) is 0 Å². The molecule has 2 rings (SSSR count). The van der Waals surface area contributed by atoms with Crippen molar-refractivity contribution in [3.8, 4) is 5.75 Å². The van der Waals surface area contributed by atoms with Crippen molar-refractivity contribution in [2.45, 2.75) is 13.8 Å². The van der Waals surface area contributed by atoms with Crippen LogP contribution in [-0.2, 0) is 9.53 Å². The molecular formula is C18H18BrNO4. The minimum atomic E-state index is -0.475. The summed E-state index contributed by atoms with van der Waals surface area (Å²) >= 11 is 3.41. The number of ether oxygens (including phenoxy) is 2. The molecule has 0 spiro atoms. The number of amides is 1. The molecule has 0 saturated carbocycles. The van der Waals surface area contributed by atoms with E-state index in [-0.39, 0.29) is 19.1 Å². The van der Waals surface area contributed by atoms with E-state index in [1.165, 1.54) is 0 Å². The van der Waals surface area contributed by atoms with E-state index < -0.39 is 5.97 Å². The third kappa shape index (κ3) is 4.83. The van der Waals surface area contributed by atoms with Crippen molar-refractivity contribution in [1.82, 2.24) is 0 Å². The molecule has 0 heterocycles. The predicted octanol–water partition coefficient (Wildman–Crippen LogP) is 3.95. The Morgan fingerprint density at radius 1 is 1.17 bits per heavy atom. The summed E-state index contributed by atoms with van der Waals surface area (Å²) in [6.07, 6.45) is 0. The molecule has 126 valence electrons. The predicted molar refractivity (Wildman–Crippen MR) is 95.4 cm³/mol. The summed E-state index contributed by atoms with van der Waals surface area (Å²) in [4.78, 5) is 23.9. The van der Waals surface area contributed by atoms with Gasteiger partial charge >= 0.3 is 5.97 Å². The average molecular weight is 392 g/mol. The molecule has 0 aliphatic rings. The highest BCUT2D eigenvalue weighted by atomic mass is 79.9. The van der Waals surface area contributed by atoms with E-state index in [1.807, 2.05) is 19.1 Å². The second-order valence-electron chi connectivity index (χ2n) is 5.02. The molecule has 1 N–H and O–H groups in total. The van der Waals surface area contributed by atoms with Crippen LogP contribution >= 0.6 is 15.9 Å². The lowest BCUT2D eigenvalue weighted by Crippen LogP contribution is -2.21. The Hall–Kier alpha value is -2.34. The first-order chi connectivity index (χ1) is 11.5. The van der Waals surface area contributed by atoms with E-state index in [1.54, 1.807) is 37.3 Å². The van der Waals surface area contributed by atoms with Crippen molar-refractivity contribution in [2.24, 2.45) is 0 Å². The maximum Gasteiger partial charge on any atom is 0.341 e. The molecule has 5 nitrogen and oxygen atoms in total. The zero-order valence-corrected chi connectivity index (χ0v) is 15.1. The molecule has 1 amide bonds. The number of rotatable bonds is 6. The lowest BCUT2D eigenvalue weighted by molar-refractivity contribution is -0.118. The molecule has 0 unspecified atom stereocenters. The van der Waals surface area contributed by atoms with E-state index in [9.17, 15) is 9.59 Å². The van der Waals surface area contributed by atoms with Crippen LogP contribution in [0, 0.1) is 6.92 Å². The first kappa shape index (κ1) is 18.0. The number of aryl methyl sites for hydroxylation is 1. The molecule has 0 bridgehead atoms. The monoisotopic (exact) mass is 391 g/mol. The molecule has 0 atom stereocenters. The fraction of sp³-hybridized carbons (Fsp3) is 0.222. The number of halogens is 1. The molecule has 0 saturated heterocycles. The maximum absolute atomic E-state index is 12.0. The van der Waals surface area contributed by atoms with Crippen molar-refractivity contribution in [1.29, 1.82) is 0 Å². The van der Waals surface area contributed by atoms with Gasteiger partial charge in [-0.25, -0.2) is 4.79 Å². The molecule has 2 aromatic rings. The van der Waals surface area contributed by atoms with Crippen molar-refractivity contribution < 1.29 is 19.1 Å². The van der Waals surface area contributed by atoms with Crippen LogP contribution in [0.4, 0.5) is 5.69 Å². The van der Waals surface area contributed by atoms with Crippen LogP contribution in [0.15, 0.2) is 46.9 Å². The zero-order valence-electron chi connectivity index (χ0n) is 13.5. The lowest BCUT2D eigenvalue weighted by atomic mass is 10.2. The molecule has 0 radical (unpaired) electrons. The molecular weight excluding hydrogens is 374 g/mol. The molecule has 0 fully saturated rings.